The summed E-state index contributed by atoms with van der Waals surface area (Å²) in [6.07, 6.45) is -3.49. The predicted octanol–water partition coefficient (Wildman–Crippen LogP) is 2.11. The molecule has 4 nitrogen and oxygen atoms in total. The van der Waals surface area contributed by atoms with Gasteiger partial charge in [0.1, 0.15) is 5.56 Å². The van der Waals surface area contributed by atoms with E-state index in [4.69, 9.17) is 4.74 Å². The number of carbonyl (C=O) groups is 1. The Labute approximate surface area is 89.0 Å². The van der Waals surface area contributed by atoms with Crippen molar-refractivity contribution in [1.82, 2.24) is 4.98 Å². The van der Waals surface area contributed by atoms with Crippen LogP contribution in [0.4, 0.5) is 13.2 Å². The summed E-state index contributed by atoms with van der Waals surface area (Å²) in [5, 5.41) is 0. The van der Waals surface area contributed by atoms with E-state index in [9.17, 15) is 18.0 Å². The first kappa shape index (κ1) is 12.3. The van der Waals surface area contributed by atoms with Crippen LogP contribution in [-0.4, -0.2) is 24.7 Å². The molecule has 1 rings (SSSR count). The molecule has 0 radical (unpaired) electrons. The first-order chi connectivity index (χ1) is 7.39. The predicted molar refractivity (Wildman–Crippen MR) is 47.6 cm³/mol. The minimum Gasteiger partial charge on any atom is -0.494 e. The summed E-state index contributed by atoms with van der Waals surface area (Å²) in [6.45, 7) is 1.30. The van der Waals surface area contributed by atoms with Gasteiger partial charge in [-0.2, -0.15) is 0 Å². The minimum atomic E-state index is -4.88. The van der Waals surface area contributed by atoms with Crippen molar-refractivity contribution in [1.29, 1.82) is 0 Å². The molecule has 0 aliphatic rings. The Morgan fingerprint density at radius 1 is 1.44 bits per heavy atom. The number of methoxy groups -OCH3 is 1. The molecule has 7 heteroatoms. The Kier molecular flexibility index (Phi) is 3.36. The van der Waals surface area contributed by atoms with Crippen LogP contribution in [0, 0.1) is 6.92 Å². The molecule has 0 saturated heterocycles. The van der Waals surface area contributed by atoms with Gasteiger partial charge >= 0.3 is 6.36 Å². The molecule has 0 N–H and O–H groups in total. The number of pyridine rings is 1. The Morgan fingerprint density at radius 2 is 2.06 bits per heavy atom. The van der Waals surface area contributed by atoms with Gasteiger partial charge < -0.3 is 9.47 Å². The van der Waals surface area contributed by atoms with Crippen molar-refractivity contribution in [3.05, 3.63) is 17.5 Å². The molecule has 16 heavy (non-hydrogen) atoms. The molecular formula is C9H8F3NO3. The number of rotatable bonds is 3. The van der Waals surface area contributed by atoms with Gasteiger partial charge in [0.05, 0.1) is 19.0 Å². The van der Waals surface area contributed by atoms with Crippen LogP contribution >= 0.6 is 0 Å². The first-order valence-electron chi connectivity index (χ1n) is 4.13. The first-order valence-corrected chi connectivity index (χ1v) is 4.13. The van der Waals surface area contributed by atoms with Gasteiger partial charge in [-0.15, -0.1) is 13.2 Å². The second-order valence-corrected chi connectivity index (χ2v) is 2.82. The lowest BCUT2D eigenvalue weighted by atomic mass is 10.2. The lowest BCUT2D eigenvalue weighted by molar-refractivity contribution is -0.275. The molecule has 0 bridgehead atoms. The Bertz CT molecular complexity index is 404. The molecule has 0 unspecified atom stereocenters. The zero-order chi connectivity index (χ0) is 12.3. The molecule has 88 valence electrons. The number of ether oxygens (including phenoxy) is 2. The van der Waals surface area contributed by atoms with E-state index < -0.39 is 12.1 Å². The lowest BCUT2D eigenvalue weighted by Gasteiger charge is -2.14. The summed E-state index contributed by atoms with van der Waals surface area (Å²) in [5.41, 5.74) is -0.354. The van der Waals surface area contributed by atoms with Crippen molar-refractivity contribution in [3.8, 4) is 11.5 Å². The number of halogens is 3. The third-order valence-corrected chi connectivity index (χ3v) is 1.77. The maximum absolute atomic E-state index is 12.1. The quantitative estimate of drug-likeness (QED) is 0.753. The third kappa shape index (κ3) is 2.62. The highest BCUT2D eigenvalue weighted by Crippen LogP contribution is 2.32. The highest BCUT2D eigenvalue weighted by Gasteiger charge is 2.34. The Hall–Kier alpha value is -1.79. The Balaban J connectivity index is 3.29. The summed E-state index contributed by atoms with van der Waals surface area (Å²) in [4.78, 5) is 14.3. The van der Waals surface area contributed by atoms with E-state index in [-0.39, 0.29) is 23.3 Å². The Morgan fingerprint density at radius 3 is 2.50 bits per heavy atom. The second-order valence-electron chi connectivity index (χ2n) is 2.82. The van der Waals surface area contributed by atoms with Crippen LogP contribution in [0.1, 0.15) is 16.1 Å². The number of aryl methyl sites for hydroxylation is 1. The van der Waals surface area contributed by atoms with Crippen molar-refractivity contribution >= 4 is 6.29 Å². The van der Waals surface area contributed by atoms with Crippen LogP contribution in [-0.2, 0) is 0 Å². The molecule has 0 saturated carbocycles. The van der Waals surface area contributed by atoms with Crippen molar-refractivity contribution in [2.75, 3.05) is 7.11 Å². The fourth-order valence-corrected chi connectivity index (χ4v) is 1.11. The van der Waals surface area contributed by atoms with E-state index in [0.717, 1.165) is 6.20 Å². The number of carbonyl (C=O) groups excluding carboxylic acids is 1. The third-order valence-electron chi connectivity index (χ3n) is 1.77. The summed E-state index contributed by atoms with van der Waals surface area (Å²) < 4.78 is 44.6. The fourth-order valence-electron chi connectivity index (χ4n) is 1.11. The number of nitrogens with zero attached hydrogens (tertiary/aromatic N) is 1. The normalized spacial score (nSPS) is 11.1. The number of aldehydes is 1. The zero-order valence-corrected chi connectivity index (χ0v) is 8.46. The van der Waals surface area contributed by atoms with Gasteiger partial charge in [0.15, 0.2) is 17.8 Å². The molecule has 0 fully saturated rings. The van der Waals surface area contributed by atoms with Crippen LogP contribution < -0.4 is 9.47 Å². The van der Waals surface area contributed by atoms with Crippen LogP contribution in [0.2, 0.25) is 0 Å². The van der Waals surface area contributed by atoms with E-state index in [1.807, 2.05) is 0 Å². The SMILES string of the molecule is COc1cnc(C)c(OC(F)(F)F)c1C=O. The van der Waals surface area contributed by atoms with E-state index >= 15 is 0 Å². The molecule has 0 aliphatic heterocycles. The van der Waals surface area contributed by atoms with Crippen molar-refractivity contribution in [2.45, 2.75) is 13.3 Å². The van der Waals surface area contributed by atoms with Crippen molar-refractivity contribution in [3.63, 3.8) is 0 Å². The van der Waals surface area contributed by atoms with Crippen LogP contribution in [0.3, 0.4) is 0 Å². The molecule has 0 aliphatic carbocycles. The van der Waals surface area contributed by atoms with Crippen LogP contribution in [0.25, 0.3) is 0 Å². The van der Waals surface area contributed by atoms with E-state index in [1.165, 1.54) is 14.0 Å². The van der Waals surface area contributed by atoms with Gasteiger partial charge in [-0.25, -0.2) is 0 Å². The van der Waals surface area contributed by atoms with Gasteiger partial charge in [-0.1, -0.05) is 0 Å². The van der Waals surface area contributed by atoms with E-state index in [2.05, 4.69) is 9.72 Å². The molecule has 0 amide bonds. The standard InChI is InChI=1S/C9H8F3NO3/c1-5-8(16-9(10,11)12)6(4-14)7(15-2)3-13-5/h3-4H,1-2H3. The average Bonchev–Trinajstić information content (AvgIpc) is 2.19. The summed E-state index contributed by atoms with van der Waals surface area (Å²) in [6, 6.07) is 0. The largest absolute Gasteiger partial charge is 0.573 e. The number of hydrogen-bond donors (Lipinski definition) is 0. The molecule has 0 atom stereocenters. The summed E-state index contributed by atoms with van der Waals surface area (Å²) >= 11 is 0. The van der Waals surface area contributed by atoms with Crippen LogP contribution in [0.5, 0.6) is 11.5 Å². The molecule has 1 aromatic heterocycles. The summed E-state index contributed by atoms with van der Waals surface area (Å²) in [5.74, 6) is -0.707. The van der Waals surface area contributed by atoms with Crippen molar-refractivity contribution in [2.24, 2.45) is 0 Å². The highest BCUT2D eigenvalue weighted by molar-refractivity contribution is 5.83. The second kappa shape index (κ2) is 4.38. The molecule has 0 spiro atoms. The fraction of sp³-hybridized carbons (Fsp3) is 0.333. The van der Waals surface area contributed by atoms with Gasteiger partial charge in [0.25, 0.3) is 0 Å². The van der Waals surface area contributed by atoms with E-state index in [0.29, 0.717) is 0 Å². The molecular weight excluding hydrogens is 227 g/mol. The smallest absolute Gasteiger partial charge is 0.494 e. The number of hydrogen-bond acceptors (Lipinski definition) is 4. The van der Waals surface area contributed by atoms with Gasteiger partial charge in [0.2, 0.25) is 0 Å². The highest BCUT2D eigenvalue weighted by atomic mass is 19.4. The molecule has 1 heterocycles. The van der Waals surface area contributed by atoms with Gasteiger partial charge in [0, 0.05) is 0 Å². The maximum atomic E-state index is 12.1. The monoisotopic (exact) mass is 235 g/mol. The number of aromatic nitrogens is 1. The number of alkyl halides is 3. The zero-order valence-electron chi connectivity index (χ0n) is 8.46. The maximum Gasteiger partial charge on any atom is 0.573 e. The van der Waals surface area contributed by atoms with E-state index in [1.54, 1.807) is 0 Å². The molecule has 0 aromatic carbocycles. The topological polar surface area (TPSA) is 48.4 Å². The average molecular weight is 235 g/mol. The minimum absolute atomic E-state index is 0.0415. The van der Waals surface area contributed by atoms with Gasteiger partial charge in [-0.05, 0) is 6.92 Å². The van der Waals surface area contributed by atoms with Crippen molar-refractivity contribution < 1.29 is 27.4 Å². The molecule has 1 aromatic rings. The van der Waals surface area contributed by atoms with Crippen LogP contribution in [0.15, 0.2) is 6.20 Å². The lowest BCUT2D eigenvalue weighted by Crippen LogP contribution is -2.19. The van der Waals surface area contributed by atoms with Gasteiger partial charge in [-0.3, -0.25) is 9.78 Å². The summed E-state index contributed by atoms with van der Waals surface area (Å²) in [7, 11) is 1.22.